The van der Waals surface area contributed by atoms with E-state index >= 15 is 0 Å². The molecule has 2 atom stereocenters. The van der Waals surface area contributed by atoms with Gasteiger partial charge in [-0.05, 0) is 24.6 Å². The normalized spacial score (nSPS) is 13.7. The molecule has 6 heteroatoms. The number of hydrogen-bond acceptors (Lipinski definition) is 6. The van der Waals surface area contributed by atoms with Crippen LogP contribution in [0.25, 0.3) is 0 Å². The van der Waals surface area contributed by atoms with Gasteiger partial charge in [-0.25, -0.2) is 0 Å². The number of carbonyl (C=O) groups excluding carboxylic acids is 1. The third kappa shape index (κ3) is 4.11. The number of aliphatic hydroxyl groups is 2. The van der Waals surface area contributed by atoms with Crippen molar-refractivity contribution in [3.8, 4) is 11.5 Å². The first-order valence-corrected chi connectivity index (χ1v) is 5.88. The summed E-state index contributed by atoms with van der Waals surface area (Å²) < 4.78 is 9.59. The predicted octanol–water partition coefficient (Wildman–Crippen LogP) is 0.748. The van der Waals surface area contributed by atoms with Crippen molar-refractivity contribution in [1.29, 1.82) is 0 Å². The molecule has 0 aromatic heterocycles. The molecule has 0 aliphatic heterocycles. The van der Waals surface area contributed by atoms with Crippen LogP contribution in [0.4, 0.5) is 0 Å². The largest absolute Gasteiger partial charge is 0.504 e. The summed E-state index contributed by atoms with van der Waals surface area (Å²) in [5.41, 5.74) is 0.339. The van der Waals surface area contributed by atoms with Crippen molar-refractivity contribution in [3.63, 3.8) is 0 Å². The summed E-state index contributed by atoms with van der Waals surface area (Å²) in [6.45, 7) is 1.88. The lowest BCUT2D eigenvalue weighted by Crippen LogP contribution is -2.23. The molecule has 0 saturated carbocycles. The maximum absolute atomic E-state index is 11.2. The summed E-state index contributed by atoms with van der Waals surface area (Å²) in [6, 6.07) is 4.18. The highest BCUT2D eigenvalue weighted by molar-refractivity contribution is 5.70. The van der Waals surface area contributed by atoms with E-state index < -0.39 is 18.2 Å². The average Bonchev–Trinajstić information content (AvgIpc) is 2.38. The van der Waals surface area contributed by atoms with E-state index in [0.29, 0.717) is 5.56 Å². The number of methoxy groups -OCH3 is 1. The number of phenols is 1. The monoisotopic (exact) mass is 270 g/mol. The summed E-state index contributed by atoms with van der Waals surface area (Å²) in [5, 5.41) is 29.1. The zero-order valence-electron chi connectivity index (χ0n) is 10.9. The molecule has 0 spiro atoms. The number of ether oxygens (including phenoxy) is 2. The first-order valence-electron chi connectivity index (χ1n) is 5.88. The Hall–Kier alpha value is -1.79. The Bertz CT molecular complexity index is 431. The highest BCUT2D eigenvalue weighted by atomic mass is 16.5. The summed E-state index contributed by atoms with van der Waals surface area (Å²) >= 11 is 0. The minimum Gasteiger partial charge on any atom is -0.504 e. The fraction of sp³-hybridized carbons (Fsp3) is 0.462. The number of aliphatic hydroxyl groups excluding tert-OH is 2. The number of carbonyl (C=O) groups is 1. The van der Waals surface area contributed by atoms with Gasteiger partial charge < -0.3 is 24.8 Å². The van der Waals surface area contributed by atoms with Gasteiger partial charge in [0.05, 0.1) is 26.2 Å². The highest BCUT2D eigenvalue weighted by Crippen LogP contribution is 2.30. The highest BCUT2D eigenvalue weighted by Gasteiger charge is 2.23. The van der Waals surface area contributed by atoms with E-state index in [1.54, 1.807) is 6.92 Å². The standard InChI is InChI=1S/C13H18O6/c1-3-19-12(16)7-10(15)13(17)8-4-5-9(14)11(6-8)18-2/h4-6,10,13-15,17H,3,7H2,1-2H3. The minimum absolute atomic E-state index is 0.0710. The molecular weight excluding hydrogens is 252 g/mol. The topological polar surface area (TPSA) is 96.2 Å². The second-order valence-electron chi connectivity index (χ2n) is 3.95. The maximum atomic E-state index is 11.2. The van der Waals surface area contributed by atoms with Gasteiger partial charge in [-0.3, -0.25) is 4.79 Å². The molecule has 19 heavy (non-hydrogen) atoms. The number of rotatable bonds is 6. The maximum Gasteiger partial charge on any atom is 0.308 e. The number of aromatic hydroxyl groups is 1. The average molecular weight is 270 g/mol. The number of hydrogen-bond donors (Lipinski definition) is 3. The number of phenolic OH excluding ortho intramolecular Hbond substituents is 1. The lowest BCUT2D eigenvalue weighted by atomic mass is 10.0. The van der Waals surface area contributed by atoms with Crippen LogP contribution in [0, 0.1) is 0 Å². The van der Waals surface area contributed by atoms with E-state index in [1.165, 1.54) is 25.3 Å². The van der Waals surface area contributed by atoms with Crippen molar-refractivity contribution < 1.29 is 29.6 Å². The van der Waals surface area contributed by atoms with Gasteiger partial charge in [0.1, 0.15) is 6.10 Å². The third-order valence-corrected chi connectivity index (χ3v) is 2.59. The first kappa shape index (κ1) is 15.3. The van der Waals surface area contributed by atoms with E-state index in [9.17, 15) is 20.1 Å². The van der Waals surface area contributed by atoms with Gasteiger partial charge in [-0.15, -0.1) is 0 Å². The lowest BCUT2D eigenvalue weighted by Gasteiger charge is -2.18. The van der Waals surface area contributed by atoms with Gasteiger partial charge in [-0.1, -0.05) is 6.07 Å². The molecule has 0 aliphatic carbocycles. The Morgan fingerprint density at radius 2 is 2.05 bits per heavy atom. The van der Waals surface area contributed by atoms with Crippen LogP contribution in [0.1, 0.15) is 25.0 Å². The van der Waals surface area contributed by atoms with Crippen LogP contribution in [-0.2, 0) is 9.53 Å². The zero-order chi connectivity index (χ0) is 14.4. The van der Waals surface area contributed by atoms with E-state index in [2.05, 4.69) is 4.74 Å². The molecule has 6 nitrogen and oxygen atoms in total. The molecule has 0 fully saturated rings. The van der Waals surface area contributed by atoms with Gasteiger partial charge in [0.2, 0.25) is 0 Å². The Balaban J connectivity index is 2.76. The molecule has 1 rings (SSSR count). The van der Waals surface area contributed by atoms with Crippen LogP contribution in [0.15, 0.2) is 18.2 Å². The van der Waals surface area contributed by atoms with E-state index in [0.717, 1.165) is 0 Å². The second-order valence-corrected chi connectivity index (χ2v) is 3.95. The van der Waals surface area contributed by atoms with Crippen molar-refractivity contribution >= 4 is 5.97 Å². The lowest BCUT2D eigenvalue weighted by molar-refractivity contribution is -0.147. The quantitative estimate of drug-likeness (QED) is 0.660. The Labute approximate surface area is 111 Å². The summed E-state index contributed by atoms with van der Waals surface area (Å²) in [4.78, 5) is 11.2. The molecule has 0 radical (unpaired) electrons. The zero-order valence-corrected chi connectivity index (χ0v) is 10.9. The SMILES string of the molecule is CCOC(=O)CC(O)C(O)c1ccc(O)c(OC)c1. The molecule has 0 heterocycles. The van der Waals surface area contributed by atoms with Crippen LogP contribution in [0.3, 0.4) is 0 Å². The van der Waals surface area contributed by atoms with Crippen LogP contribution in [-0.4, -0.2) is 41.1 Å². The van der Waals surface area contributed by atoms with Crippen molar-refractivity contribution in [2.75, 3.05) is 13.7 Å². The van der Waals surface area contributed by atoms with Crippen molar-refractivity contribution in [3.05, 3.63) is 23.8 Å². The number of benzene rings is 1. The van der Waals surface area contributed by atoms with Gasteiger partial charge >= 0.3 is 5.97 Å². The molecule has 0 bridgehead atoms. The molecule has 106 valence electrons. The van der Waals surface area contributed by atoms with Crippen molar-refractivity contribution in [2.45, 2.75) is 25.6 Å². The fourth-order valence-corrected chi connectivity index (χ4v) is 1.60. The molecular formula is C13H18O6. The van der Waals surface area contributed by atoms with Crippen LogP contribution < -0.4 is 4.74 Å². The van der Waals surface area contributed by atoms with Crippen molar-refractivity contribution in [2.24, 2.45) is 0 Å². The minimum atomic E-state index is -1.28. The Morgan fingerprint density at radius 1 is 1.37 bits per heavy atom. The Kier molecular flexibility index (Phi) is 5.59. The predicted molar refractivity (Wildman–Crippen MR) is 66.9 cm³/mol. The molecule has 1 aromatic carbocycles. The molecule has 2 unspecified atom stereocenters. The number of esters is 1. The van der Waals surface area contributed by atoms with Gasteiger partial charge in [0.25, 0.3) is 0 Å². The summed E-state index contributed by atoms with van der Waals surface area (Å²) in [7, 11) is 1.38. The van der Waals surface area contributed by atoms with Crippen LogP contribution >= 0.6 is 0 Å². The van der Waals surface area contributed by atoms with E-state index in [1.807, 2.05) is 0 Å². The van der Waals surface area contributed by atoms with Crippen LogP contribution in [0.5, 0.6) is 11.5 Å². The van der Waals surface area contributed by atoms with E-state index in [-0.39, 0.29) is 24.5 Å². The summed E-state index contributed by atoms with van der Waals surface area (Å²) in [6.07, 6.45) is -2.86. The smallest absolute Gasteiger partial charge is 0.308 e. The van der Waals surface area contributed by atoms with Gasteiger partial charge in [0, 0.05) is 0 Å². The molecule has 0 amide bonds. The molecule has 0 saturated heterocycles. The van der Waals surface area contributed by atoms with Crippen molar-refractivity contribution in [1.82, 2.24) is 0 Å². The molecule has 0 aliphatic rings. The van der Waals surface area contributed by atoms with E-state index in [4.69, 9.17) is 4.74 Å². The van der Waals surface area contributed by atoms with Crippen LogP contribution in [0.2, 0.25) is 0 Å². The second kappa shape index (κ2) is 6.96. The fourth-order valence-electron chi connectivity index (χ4n) is 1.60. The molecule has 3 N–H and O–H groups in total. The Morgan fingerprint density at radius 3 is 2.63 bits per heavy atom. The summed E-state index contributed by atoms with van der Waals surface area (Å²) in [5.74, 6) is -0.474. The van der Waals surface area contributed by atoms with Gasteiger partial charge in [0.15, 0.2) is 11.5 Å². The van der Waals surface area contributed by atoms with Gasteiger partial charge in [-0.2, -0.15) is 0 Å². The molecule has 1 aromatic rings. The third-order valence-electron chi connectivity index (χ3n) is 2.59. The first-order chi connectivity index (χ1) is 8.99.